The maximum absolute atomic E-state index is 4.92. The molecular weight excluding hydrogens is 130 g/mol. The van der Waals surface area contributed by atoms with Crippen LogP contribution in [0.2, 0.25) is 0 Å². The summed E-state index contributed by atoms with van der Waals surface area (Å²) in [4.78, 5) is 3.74. The van der Waals surface area contributed by atoms with Crippen molar-refractivity contribution in [3.8, 4) is 0 Å². The maximum Gasteiger partial charge on any atom is 0.169 e. The standard InChI is InChI=1S/C3H10N2.C3H5NO/c1-3(2)5-4;1-2-5-3-4-1/h3,5H,4H2,1-2H3;3H,1-2H2. The van der Waals surface area contributed by atoms with Crippen molar-refractivity contribution in [1.82, 2.24) is 5.43 Å². The van der Waals surface area contributed by atoms with Crippen LogP contribution in [0.3, 0.4) is 0 Å². The Bertz CT molecular complexity index is 87.0. The van der Waals surface area contributed by atoms with E-state index in [1.807, 2.05) is 13.8 Å². The molecule has 1 heterocycles. The summed E-state index contributed by atoms with van der Waals surface area (Å²) in [5.74, 6) is 4.92. The highest BCUT2D eigenvalue weighted by molar-refractivity contribution is 5.47. The Morgan fingerprint density at radius 3 is 2.40 bits per heavy atom. The number of ether oxygens (including phenoxy) is 1. The molecule has 0 aliphatic carbocycles. The first-order valence-electron chi connectivity index (χ1n) is 3.33. The van der Waals surface area contributed by atoms with E-state index in [9.17, 15) is 0 Å². The molecule has 0 atom stereocenters. The highest BCUT2D eigenvalue weighted by atomic mass is 16.5. The molecule has 0 unspecified atom stereocenters. The summed E-state index contributed by atoms with van der Waals surface area (Å²) in [7, 11) is 0. The van der Waals surface area contributed by atoms with Crippen molar-refractivity contribution < 1.29 is 4.74 Å². The number of aliphatic imine (C=N–C) groups is 1. The van der Waals surface area contributed by atoms with E-state index in [1.54, 1.807) is 0 Å². The lowest BCUT2D eigenvalue weighted by Crippen LogP contribution is -2.29. The summed E-state index contributed by atoms with van der Waals surface area (Å²) < 4.78 is 4.65. The van der Waals surface area contributed by atoms with E-state index >= 15 is 0 Å². The van der Waals surface area contributed by atoms with Crippen LogP contribution in [0.1, 0.15) is 13.8 Å². The van der Waals surface area contributed by atoms with Gasteiger partial charge in [-0.2, -0.15) is 0 Å². The average molecular weight is 145 g/mol. The summed E-state index contributed by atoms with van der Waals surface area (Å²) in [6.45, 7) is 5.60. The number of nitrogens with zero attached hydrogens (tertiary/aromatic N) is 1. The zero-order valence-corrected chi connectivity index (χ0v) is 6.50. The number of hydrazine groups is 1. The van der Waals surface area contributed by atoms with Gasteiger partial charge in [0.1, 0.15) is 6.61 Å². The number of nitrogens with one attached hydrogen (secondary N) is 1. The van der Waals surface area contributed by atoms with Gasteiger partial charge in [-0.25, -0.2) is 0 Å². The third-order valence-corrected chi connectivity index (χ3v) is 0.821. The predicted octanol–water partition coefficient (Wildman–Crippen LogP) is -0.0970. The molecule has 1 aliphatic rings. The molecule has 0 aromatic rings. The fourth-order valence-corrected chi connectivity index (χ4v) is 0.264. The van der Waals surface area contributed by atoms with E-state index in [-0.39, 0.29) is 0 Å². The van der Waals surface area contributed by atoms with Gasteiger partial charge in [0, 0.05) is 6.04 Å². The molecule has 0 bridgehead atoms. The molecule has 0 saturated heterocycles. The van der Waals surface area contributed by atoms with Gasteiger partial charge < -0.3 is 4.74 Å². The second-order valence-electron chi connectivity index (χ2n) is 2.20. The zero-order valence-electron chi connectivity index (χ0n) is 6.50. The highest BCUT2D eigenvalue weighted by Crippen LogP contribution is 1.78. The molecule has 0 radical (unpaired) electrons. The molecule has 4 heteroatoms. The first-order chi connectivity index (χ1) is 4.77. The van der Waals surface area contributed by atoms with Crippen LogP contribution in [0, 0.1) is 0 Å². The summed E-state index contributed by atoms with van der Waals surface area (Å²) in [5, 5.41) is 0. The van der Waals surface area contributed by atoms with E-state index in [0.29, 0.717) is 6.04 Å². The van der Waals surface area contributed by atoms with Crippen LogP contribution >= 0.6 is 0 Å². The van der Waals surface area contributed by atoms with Crippen molar-refractivity contribution in [2.24, 2.45) is 10.8 Å². The van der Waals surface area contributed by atoms with Crippen LogP contribution in [0.25, 0.3) is 0 Å². The normalized spacial score (nSPS) is 14.4. The molecule has 60 valence electrons. The Hall–Kier alpha value is -0.610. The highest BCUT2D eigenvalue weighted by Gasteiger charge is 1.84. The number of hydrogen-bond acceptors (Lipinski definition) is 4. The molecule has 0 aromatic heterocycles. The quantitative estimate of drug-likeness (QED) is 0.400. The van der Waals surface area contributed by atoms with Crippen LogP contribution < -0.4 is 11.3 Å². The monoisotopic (exact) mass is 145 g/mol. The van der Waals surface area contributed by atoms with E-state index in [2.05, 4.69) is 15.2 Å². The van der Waals surface area contributed by atoms with Gasteiger partial charge in [-0.1, -0.05) is 0 Å². The van der Waals surface area contributed by atoms with Gasteiger partial charge in [0.2, 0.25) is 0 Å². The van der Waals surface area contributed by atoms with Crippen LogP contribution in [-0.2, 0) is 4.74 Å². The van der Waals surface area contributed by atoms with Crippen molar-refractivity contribution in [1.29, 1.82) is 0 Å². The summed E-state index contributed by atoms with van der Waals surface area (Å²) in [5.41, 5.74) is 2.53. The minimum Gasteiger partial charge on any atom is -0.482 e. The molecular formula is C6H15N3O. The van der Waals surface area contributed by atoms with Gasteiger partial charge in [0.25, 0.3) is 0 Å². The van der Waals surface area contributed by atoms with Crippen molar-refractivity contribution in [2.45, 2.75) is 19.9 Å². The topological polar surface area (TPSA) is 59.6 Å². The van der Waals surface area contributed by atoms with Gasteiger partial charge >= 0.3 is 0 Å². The van der Waals surface area contributed by atoms with Crippen molar-refractivity contribution >= 4 is 6.40 Å². The van der Waals surface area contributed by atoms with Gasteiger partial charge in [0.15, 0.2) is 6.40 Å². The van der Waals surface area contributed by atoms with Gasteiger partial charge in [-0.15, -0.1) is 0 Å². The third-order valence-electron chi connectivity index (χ3n) is 0.821. The van der Waals surface area contributed by atoms with E-state index in [0.717, 1.165) is 13.2 Å². The number of hydrogen-bond donors (Lipinski definition) is 2. The second kappa shape index (κ2) is 6.51. The SMILES string of the molecule is C1=NCCO1.CC(C)NN. The Balaban J connectivity index is 0.000000162. The van der Waals surface area contributed by atoms with E-state index < -0.39 is 0 Å². The summed E-state index contributed by atoms with van der Waals surface area (Å²) in [6.07, 6.45) is 1.49. The Labute approximate surface area is 61.4 Å². The lowest BCUT2D eigenvalue weighted by molar-refractivity contribution is 0.361. The summed E-state index contributed by atoms with van der Waals surface area (Å²) >= 11 is 0. The van der Waals surface area contributed by atoms with E-state index in [4.69, 9.17) is 5.84 Å². The number of nitrogens with two attached hydrogens (primary N) is 1. The number of rotatable bonds is 1. The summed E-state index contributed by atoms with van der Waals surface area (Å²) in [6, 6.07) is 0.412. The van der Waals surface area contributed by atoms with Gasteiger partial charge in [-0.05, 0) is 13.8 Å². The fraction of sp³-hybridized carbons (Fsp3) is 0.833. The Morgan fingerprint density at radius 1 is 1.70 bits per heavy atom. The van der Waals surface area contributed by atoms with Crippen molar-refractivity contribution in [3.63, 3.8) is 0 Å². The molecule has 4 nitrogen and oxygen atoms in total. The van der Waals surface area contributed by atoms with Crippen LogP contribution in [0.15, 0.2) is 4.99 Å². The maximum atomic E-state index is 4.92. The van der Waals surface area contributed by atoms with Crippen LogP contribution in [0.4, 0.5) is 0 Å². The average Bonchev–Trinajstić information content (AvgIpc) is 2.43. The molecule has 0 saturated carbocycles. The molecule has 1 rings (SSSR count). The molecule has 0 aromatic carbocycles. The minimum atomic E-state index is 0.412. The molecule has 10 heavy (non-hydrogen) atoms. The lowest BCUT2D eigenvalue weighted by atomic mass is 10.4. The van der Waals surface area contributed by atoms with E-state index in [1.165, 1.54) is 6.40 Å². The molecule has 1 aliphatic heterocycles. The third kappa shape index (κ3) is 7.39. The molecule has 0 fully saturated rings. The molecule has 0 spiro atoms. The molecule has 3 N–H and O–H groups in total. The van der Waals surface area contributed by atoms with Crippen LogP contribution in [-0.4, -0.2) is 25.6 Å². The smallest absolute Gasteiger partial charge is 0.169 e. The second-order valence-corrected chi connectivity index (χ2v) is 2.20. The Kier molecular flexibility index (Phi) is 6.11. The fourth-order valence-electron chi connectivity index (χ4n) is 0.264. The minimum absolute atomic E-state index is 0.412. The van der Waals surface area contributed by atoms with Crippen LogP contribution in [0.5, 0.6) is 0 Å². The van der Waals surface area contributed by atoms with Crippen molar-refractivity contribution in [3.05, 3.63) is 0 Å². The largest absolute Gasteiger partial charge is 0.482 e. The van der Waals surface area contributed by atoms with Gasteiger partial charge in [0.05, 0.1) is 6.54 Å². The first kappa shape index (κ1) is 9.39. The Morgan fingerprint density at radius 2 is 2.30 bits per heavy atom. The predicted molar refractivity (Wildman–Crippen MR) is 41.8 cm³/mol. The van der Waals surface area contributed by atoms with Crippen molar-refractivity contribution in [2.75, 3.05) is 13.2 Å². The van der Waals surface area contributed by atoms with Gasteiger partial charge in [-0.3, -0.25) is 16.3 Å². The first-order valence-corrected chi connectivity index (χ1v) is 3.33. The molecule has 0 amide bonds. The lowest BCUT2D eigenvalue weighted by Gasteiger charge is -1.95. The zero-order chi connectivity index (χ0) is 7.82.